The van der Waals surface area contributed by atoms with Gasteiger partial charge in [-0.1, -0.05) is 52.3 Å². The van der Waals surface area contributed by atoms with Gasteiger partial charge < -0.3 is 9.84 Å². The molecule has 0 spiro atoms. The highest BCUT2D eigenvalue weighted by molar-refractivity contribution is 9.10. The minimum Gasteiger partial charge on any atom is -0.507 e. The Bertz CT molecular complexity index is 1190. The highest BCUT2D eigenvalue weighted by Gasteiger charge is 2.46. The second-order valence-electron chi connectivity index (χ2n) is 7.24. The van der Waals surface area contributed by atoms with Gasteiger partial charge in [0.1, 0.15) is 11.5 Å². The number of benzene rings is 3. The number of anilines is 1. The molecule has 3 aromatic carbocycles. The molecule has 0 aliphatic carbocycles. The molecule has 3 aromatic rings. The van der Waals surface area contributed by atoms with Crippen LogP contribution in [0.15, 0.2) is 82.8 Å². The molecule has 0 aromatic heterocycles. The Balaban J connectivity index is 1.93. The average Bonchev–Trinajstić information content (AvgIpc) is 3.06. The Morgan fingerprint density at radius 3 is 2.29 bits per heavy atom. The van der Waals surface area contributed by atoms with Crippen molar-refractivity contribution in [2.75, 3.05) is 12.0 Å². The van der Waals surface area contributed by atoms with Gasteiger partial charge in [0.15, 0.2) is 0 Å². The minimum absolute atomic E-state index is 0.0562. The SMILES string of the molecule is COc1ccc(C2/C(=C(/O)c3ccc(Br)c(C)c3)C(=O)C(=O)N2c2ccccc2)cc1. The highest BCUT2D eigenvalue weighted by atomic mass is 79.9. The molecule has 1 aliphatic rings. The van der Waals surface area contributed by atoms with Crippen LogP contribution < -0.4 is 9.64 Å². The molecule has 1 amide bonds. The third-order valence-electron chi connectivity index (χ3n) is 5.34. The molecule has 1 fully saturated rings. The molecule has 1 heterocycles. The number of amides is 1. The maximum atomic E-state index is 13.1. The van der Waals surface area contributed by atoms with Crippen LogP contribution in [-0.2, 0) is 9.59 Å². The number of methoxy groups -OCH3 is 1. The molecular weight excluding hydrogens is 458 g/mol. The number of rotatable bonds is 4. The third-order valence-corrected chi connectivity index (χ3v) is 6.23. The van der Waals surface area contributed by atoms with Gasteiger partial charge in [-0.3, -0.25) is 14.5 Å². The van der Waals surface area contributed by atoms with Gasteiger partial charge in [-0.05, 0) is 54.4 Å². The third kappa shape index (κ3) is 3.75. The molecule has 0 bridgehead atoms. The standard InChI is InChI=1S/C25H20BrNO4/c1-15-14-17(10-13-20(15)26)23(28)21-22(16-8-11-19(31-2)12-9-16)27(25(30)24(21)29)18-6-4-3-5-7-18/h3-14,22,28H,1-2H3/b23-21-. The number of aliphatic hydroxyl groups excluding tert-OH is 1. The largest absolute Gasteiger partial charge is 0.507 e. The van der Waals surface area contributed by atoms with Crippen molar-refractivity contribution in [1.29, 1.82) is 0 Å². The van der Waals surface area contributed by atoms with Crippen LogP contribution >= 0.6 is 15.9 Å². The Labute approximate surface area is 188 Å². The summed E-state index contributed by atoms with van der Waals surface area (Å²) in [5.41, 5.74) is 2.71. The van der Waals surface area contributed by atoms with E-state index in [9.17, 15) is 14.7 Å². The van der Waals surface area contributed by atoms with E-state index in [4.69, 9.17) is 4.74 Å². The van der Waals surface area contributed by atoms with E-state index in [2.05, 4.69) is 15.9 Å². The van der Waals surface area contributed by atoms with E-state index in [1.807, 2.05) is 13.0 Å². The van der Waals surface area contributed by atoms with Crippen molar-refractivity contribution in [1.82, 2.24) is 0 Å². The number of halogens is 1. The van der Waals surface area contributed by atoms with Crippen molar-refractivity contribution in [3.05, 3.63) is 99.5 Å². The first kappa shape index (κ1) is 20.9. The van der Waals surface area contributed by atoms with Gasteiger partial charge in [-0.25, -0.2) is 0 Å². The quantitative estimate of drug-likeness (QED) is 0.310. The van der Waals surface area contributed by atoms with Gasteiger partial charge in [-0.2, -0.15) is 0 Å². The first-order valence-electron chi connectivity index (χ1n) is 9.69. The van der Waals surface area contributed by atoms with Gasteiger partial charge in [0.2, 0.25) is 0 Å². The normalized spacial score (nSPS) is 17.8. The molecule has 1 aliphatic heterocycles. The summed E-state index contributed by atoms with van der Waals surface area (Å²) in [6.45, 7) is 1.89. The predicted molar refractivity (Wildman–Crippen MR) is 123 cm³/mol. The molecule has 156 valence electrons. The lowest BCUT2D eigenvalue weighted by Gasteiger charge is -2.25. The van der Waals surface area contributed by atoms with E-state index >= 15 is 0 Å². The van der Waals surface area contributed by atoms with E-state index in [0.717, 1.165) is 10.0 Å². The maximum Gasteiger partial charge on any atom is 0.300 e. The summed E-state index contributed by atoms with van der Waals surface area (Å²) in [6, 6.07) is 20.6. The van der Waals surface area contributed by atoms with Gasteiger partial charge in [0, 0.05) is 15.7 Å². The Hall–Kier alpha value is -3.38. The van der Waals surface area contributed by atoms with Crippen molar-refractivity contribution in [2.24, 2.45) is 0 Å². The molecule has 0 saturated carbocycles. The van der Waals surface area contributed by atoms with Crippen LogP contribution in [0.4, 0.5) is 5.69 Å². The van der Waals surface area contributed by atoms with Crippen molar-refractivity contribution < 1.29 is 19.4 Å². The summed E-state index contributed by atoms with van der Waals surface area (Å²) in [7, 11) is 1.57. The summed E-state index contributed by atoms with van der Waals surface area (Å²) >= 11 is 3.45. The lowest BCUT2D eigenvalue weighted by atomic mass is 9.94. The van der Waals surface area contributed by atoms with E-state index in [0.29, 0.717) is 22.6 Å². The maximum absolute atomic E-state index is 13.1. The molecule has 1 N–H and O–H groups in total. The Kier molecular flexibility index (Phi) is 5.65. The fraction of sp³-hybridized carbons (Fsp3) is 0.120. The number of carbonyl (C=O) groups is 2. The summed E-state index contributed by atoms with van der Waals surface area (Å²) in [6.07, 6.45) is 0. The highest BCUT2D eigenvalue weighted by Crippen LogP contribution is 2.42. The predicted octanol–water partition coefficient (Wildman–Crippen LogP) is 5.39. The lowest BCUT2D eigenvalue weighted by molar-refractivity contribution is -0.132. The molecule has 4 rings (SSSR count). The monoisotopic (exact) mass is 477 g/mol. The van der Waals surface area contributed by atoms with Crippen LogP contribution in [0.5, 0.6) is 5.75 Å². The molecule has 5 nitrogen and oxygen atoms in total. The van der Waals surface area contributed by atoms with E-state index < -0.39 is 17.7 Å². The smallest absolute Gasteiger partial charge is 0.300 e. The molecule has 6 heteroatoms. The number of hydrogen-bond donors (Lipinski definition) is 1. The fourth-order valence-electron chi connectivity index (χ4n) is 3.74. The Morgan fingerprint density at radius 2 is 1.68 bits per heavy atom. The zero-order valence-electron chi connectivity index (χ0n) is 17.0. The summed E-state index contributed by atoms with van der Waals surface area (Å²) in [4.78, 5) is 27.6. The van der Waals surface area contributed by atoms with Gasteiger partial charge in [0.05, 0.1) is 18.7 Å². The molecule has 0 radical (unpaired) electrons. The fourth-order valence-corrected chi connectivity index (χ4v) is 3.98. The Morgan fingerprint density at radius 1 is 1.00 bits per heavy atom. The number of para-hydroxylation sites is 1. The number of carbonyl (C=O) groups excluding carboxylic acids is 2. The number of ether oxygens (including phenoxy) is 1. The summed E-state index contributed by atoms with van der Waals surface area (Å²) < 4.78 is 6.13. The number of aliphatic hydroxyl groups is 1. The van der Waals surface area contributed by atoms with Crippen LogP contribution in [0.1, 0.15) is 22.7 Å². The van der Waals surface area contributed by atoms with Crippen LogP contribution in [0.2, 0.25) is 0 Å². The summed E-state index contributed by atoms with van der Waals surface area (Å²) in [5.74, 6) is -0.942. The van der Waals surface area contributed by atoms with Crippen molar-refractivity contribution in [3.63, 3.8) is 0 Å². The molecular formula is C25H20BrNO4. The van der Waals surface area contributed by atoms with Gasteiger partial charge in [-0.15, -0.1) is 0 Å². The van der Waals surface area contributed by atoms with Crippen LogP contribution in [-0.4, -0.2) is 23.9 Å². The molecule has 1 saturated heterocycles. The second-order valence-corrected chi connectivity index (χ2v) is 8.10. The molecule has 31 heavy (non-hydrogen) atoms. The van der Waals surface area contributed by atoms with E-state index in [1.54, 1.807) is 73.8 Å². The van der Waals surface area contributed by atoms with E-state index in [-0.39, 0.29) is 11.3 Å². The van der Waals surface area contributed by atoms with Crippen molar-refractivity contribution >= 4 is 39.1 Å². The number of hydrogen-bond acceptors (Lipinski definition) is 4. The molecule has 1 unspecified atom stereocenters. The number of Topliss-reactive ketones (excluding diaryl/α,β-unsaturated/α-hetero) is 1. The van der Waals surface area contributed by atoms with Gasteiger partial charge in [0.25, 0.3) is 11.7 Å². The van der Waals surface area contributed by atoms with Crippen LogP contribution in [0, 0.1) is 6.92 Å². The van der Waals surface area contributed by atoms with E-state index in [1.165, 1.54) is 4.90 Å². The zero-order valence-corrected chi connectivity index (χ0v) is 18.6. The average molecular weight is 478 g/mol. The minimum atomic E-state index is -0.766. The number of nitrogens with zero attached hydrogens (tertiary/aromatic N) is 1. The first-order valence-corrected chi connectivity index (χ1v) is 10.5. The molecule has 1 atom stereocenters. The second kappa shape index (κ2) is 8.40. The first-order chi connectivity index (χ1) is 14.9. The summed E-state index contributed by atoms with van der Waals surface area (Å²) in [5, 5.41) is 11.2. The van der Waals surface area contributed by atoms with Crippen LogP contribution in [0.25, 0.3) is 5.76 Å². The lowest BCUT2D eigenvalue weighted by Crippen LogP contribution is -2.29. The zero-order chi connectivity index (χ0) is 22.1. The topological polar surface area (TPSA) is 66.8 Å². The van der Waals surface area contributed by atoms with Crippen molar-refractivity contribution in [3.8, 4) is 5.75 Å². The van der Waals surface area contributed by atoms with Crippen molar-refractivity contribution in [2.45, 2.75) is 13.0 Å². The van der Waals surface area contributed by atoms with Crippen LogP contribution in [0.3, 0.4) is 0 Å². The number of ketones is 1. The van der Waals surface area contributed by atoms with Gasteiger partial charge >= 0.3 is 0 Å². The number of aryl methyl sites for hydroxylation is 1.